The molecule has 3 fully saturated rings. The number of hydrogen-bond donors (Lipinski definition) is 3. The molecule has 194 valence electrons. The molecule has 0 radical (unpaired) electrons. The highest BCUT2D eigenvalue weighted by Crippen LogP contribution is 2.67. The molecule has 5 nitrogen and oxygen atoms in total. The topological polar surface area (TPSA) is 87.0 Å². The van der Waals surface area contributed by atoms with Crippen molar-refractivity contribution in [3.8, 4) is 0 Å². The Morgan fingerprint density at radius 1 is 1.18 bits per heavy atom. The monoisotopic (exact) mass is 476 g/mol. The van der Waals surface area contributed by atoms with E-state index in [1.54, 1.807) is 0 Å². The number of ether oxygens (including phenoxy) is 1. The number of aliphatic hydroxyl groups is 3. The van der Waals surface area contributed by atoms with Crippen molar-refractivity contribution in [2.45, 2.75) is 111 Å². The van der Waals surface area contributed by atoms with Gasteiger partial charge in [0.1, 0.15) is 0 Å². The minimum absolute atomic E-state index is 0.0135. The number of rotatable bonds is 7. The third-order valence-corrected chi connectivity index (χ3v) is 10.6. The Labute approximate surface area is 206 Å². The van der Waals surface area contributed by atoms with Gasteiger partial charge in [0, 0.05) is 24.2 Å². The van der Waals surface area contributed by atoms with Crippen molar-refractivity contribution in [1.29, 1.82) is 0 Å². The fourth-order valence-electron chi connectivity index (χ4n) is 9.06. The van der Waals surface area contributed by atoms with Gasteiger partial charge in [-0.1, -0.05) is 58.6 Å². The Bertz CT molecular complexity index is 776. The zero-order chi connectivity index (χ0) is 24.8. The molecule has 4 rings (SSSR count). The fraction of sp³-hybridized carbons (Fsp3) is 0.897. The van der Waals surface area contributed by atoms with Crippen LogP contribution in [0, 0.1) is 46.3 Å². The normalized spacial score (nSPS) is 44.6. The Morgan fingerprint density at radius 3 is 2.59 bits per heavy atom. The van der Waals surface area contributed by atoms with E-state index in [0.717, 1.165) is 24.8 Å². The number of carbonyl (C=O) groups excluding carboxylic acids is 1. The van der Waals surface area contributed by atoms with Crippen molar-refractivity contribution in [2.75, 3.05) is 6.61 Å². The lowest BCUT2D eigenvalue weighted by Crippen LogP contribution is -2.61. The molecule has 3 N–H and O–H groups in total. The summed E-state index contributed by atoms with van der Waals surface area (Å²) in [5.41, 5.74) is 0.448. The summed E-state index contributed by atoms with van der Waals surface area (Å²) in [5.74, 6) is 2.08. The summed E-state index contributed by atoms with van der Waals surface area (Å²) in [6.07, 6.45) is 8.94. The van der Waals surface area contributed by atoms with Crippen molar-refractivity contribution >= 4 is 5.97 Å². The summed E-state index contributed by atoms with van der Waals surface area (Å²) in [6, 6.07) is 0. The van der Waals surface area contributed by atoms with E-state index in [4.69, 9.17) is 4.74 Å². The maximum Gasteiger partial charge on any atom is 0.302 e. The van der Waals surface area contributed by atoms with Crippen LogP contribution < -0.4 is 0 Å². The average molecular weight is 477 g/mol. The van der Waals surface area contributed by atoms with E-state index < -0.39 is 23.7 Å². The zero-order valence-electron chi connectivity index (χ0n) is 22.0. The van der Waals surface area contributed by atoms with Crippen LogP contribution in [0.3, 0.4) is 0 Å². The number of carbonyl (C=O) groups is 1. The summed E-state index contributed by atoms with van der Waals surface area (Å²) in [6.45, 7) is 10.9. The number of fused-ring (bicyclic) bond motifs is 5. The van der Waals surface area contributed by atoms with Crippen molar-refractivity contribution < 1.29 is 24.9 Å². The summed E-state index contributed by atoms with van der Waals surface area (Å²) in [5, 5.41) is 33.2. The van der Waals surface area contributed by atoms with Gasteiger partial charge in [0.15, 0.2) is 0 Å². The van der Waals surface area contributed by atoms with Crippen LogP contribution in [-0.2, 0) is 9.53 Å². The van der Waals surface area contributed by atoms with Crippen LogP contribution in [0.2, 0.25) is 0 Å². The second-order valence-corrected chi connectivity index (χ2v) is 12.9. The van der Waals surface area contributed by atoms with Gasteiger partial charge in [0.25, 0.3) is 0 Å². The van der Waals surface area contributed by atoms with Crippen molar-refractivity contribution in [3.05, 3.63) is 11.6 Å². The van der Waals surface area contributed by atoms with Crippen LogP contribution in [-0.4, -0.2) is 46.2 Å². The molecule has 10 atom stereocenters. The first-order valence-electron chi connectivity index (χ1n) is 13.9. The lowest BCUT2D eigenvalue weighted by molar-refractivity contribution is -0.182. The van der Waals surface area contributed by atoms with Gasteiger partial charge in [-0.15, -0.1) is 0 Å². The van der Waals surface area contributed by atoms with E-state index in [1.165, 1.54) is 26.2 Å². The van der Waals surface area contributed by atoms with Gasteiger partial charge in [-0.2, -0.15) is 0 Å². The lowest BCUT2D eigenvalue weighted by Gasteiger charge is -2.61. The van der Waals surface area contributed by atoms with Gasteiger partial charge < -0.3 is 20.1 Å². The van der Waals surface area contributed by atoms with E-state index in [0.29, 0.717) is 49.5 Å². The molecule has 0 aliphatic heterocycles. The SMILES string of the molecule is CC(=O)OC[C@]12C[C@@H](O)[C@H]3[C@@H](CC=C4C[C@@H](O)C[C@H](O)[C@@]43C)[C@@H]1CC[C@@H]2[C@H](C)CCCC(C)C. The molecular weight excluding hydrogens is 428 g/mol. The molecule has 0 bridgehead atoms. The highest BCUT2D eigenvalue weighted by molar-refractivity contribution is 5.66. The molecular formula is C29H48O5. The summed E-state index contributed by atoms with van der Waals surface area (Å²) in [7, 11) is 0. The molecule has 0 heterocycles. The van der Waals surface area contributed by atoms with Crippen LogP contribution in [0.15, 0.2) is 11.6 Å². The molecule has 0 unspecified atom stereocenters. The van der Waals surface area contributed by atoms with E-state index in [9.17, 15) is 20.1 Å². The van der Waals surface area contributed by atoms with Crippen LogP contribution >= 0.6 is 0 Å². The van der Waals surface area contributed by atoms with Crippen LogP contribution in [0.5, 0.6) is 0 Å². The Balaban J connectivity index is 1.65. The standard InChI is InChI=1S/C29H48O5/c1-17(2)7-6-8-18(3)23-11-12-24-22-10-9-20-13-21(31)14-26(33)28(20,5)27(22)25(32)15-29(23,24)16-34-19(4)30/h9,17-18,21-27,31-33H,6-8,10-16H2,1-5H3/t18-,21-,22+,23-,24+,25-,26+,27-,28-,29+/m1/s1. The molecule has 3 saturated carbocycles. The minimum atomic E-state index is -0.641. The first-order valence-corrected chi connectivity index (χ1v) is 13.9. The average Bonchev–Trinajstić information content (AvgIpc) is 3.12. The van der Waals surface area contributed by atoms with Crippen LogP contribution in [0.25, 0.3) is 0 Å². The molecule has 0 aromatic heterocycles. The number of esters is 1. The van der Waals surface area contributed by atoms with Crippen molar-refractivity contribution in [3.63, 3.8) is 0 Å². The van der Waals surface area contributed by atoms with Gasteiger partial charge in [0.05, 0.1) is 24.9 Å². The molecule has 4 aliphatic rings. The van der Waals surface area contributed by atoms with E-state index in [2.05, 4.69) is 33.8 Å². The Morgan fingerprint density at radius 2 is 1.91 bits per heavy atom. The molecule has 0 saturated heterocycles. The molecule has 4 aliphatic carbocycles. The third-order valence-electron chi connectivity index (χ3n) is 10.6. The number of allylic oxidation sites excluding steroid dienone is 1. The van der Waals surface area contributed by atoms with E-state index in [1.807, 2.05) is 0 Å². The van der Waals surface area contributed by atoms with Crippen LogP contribution in [0.4, 0.5) is 0 Å². The van der Waals surface area contributed by atoms with Gasteiger partial charge in [0.2, 0.25) is 0 Å². The maximum absolute atomic E-state index is 11.9. The van der Waals surface area contributed by atoms with Gasteiger partial charge in [-0.25, -0.2) is 0 Å². The summed E-state index contributed by atoms with van der Waals surface area (Å²) >= 11 is 0. The molecule has 0 aromatic carbocycles. The summed E-state index contributed by atoms with van der Waals surface area (Å²) < 4.78 is 5.76. The second-order valence-electron chi connectivity index (χ2n) is 12.9. The summed E-state index contributed by atoms with van der Waals surface area (Å²) in [4.78, 5) is 11.9. The molecule has 0 amide bonds. The van der Waals surface area contributed by atoms with E-state index >= 15 is 0 Å². The predicted octanol–water partition coefficient (Wildman–Crippen LogP) is 4.87. The largest absolute Gasteiger partial charge is 0.465 e. The Hall–Kier alpha value is -0.910. The number of hydrogen-bond acceptors (Lipinski definition) is 5. The minimum Gasteiger partial charge on any atom is -0.465 e. The predicted molar refractivity (Wildman–Crippen MR) is 133 cm³/mol. The zero-order valence-corrected chi connectivity index (χ0v) is 22.0. The van der Waals surface area contributed by atoms with Gasteiger partial charge in [-0.05, 0) is 67.6 Å². The second kappa shape index (κ2) is 9.86. The van der Waals surface area contributed by atoms with Crippen molar-refractivity contribution in [1.82, 2.24) is 0 Å². The van der Waals surface area contributed by atoms with Gasteiger partial charge >= 0.3 is 5.97 Å². The molecule has 5 heteroatoms. The third kappa shape index (κ3) is 4.39. The molecule has 0 aromatic rings. The Kier molecular flexibility index (Phi) is 7.59. The first kappa shape index (κ1) is 26.2. The smallest absolute Gasteiger partial charge is 0.302 e. The molecule has 34 heavy (non-hydrogen) atoms. The highest BCUT2D eigenvalue weighted by atomic mass is 16.5. The quantitative estimate of drug-likeness (QED) is 0.360. The van der Waals surface area contributed by atoms with Crippen LogP contribution in [0.1, 0.15) is 92.4 Å². The van der Waals surface area contributed by atoms with Crippen molar-refractivity contribution in [2.24, 2.45) is 46.3 Å². The van der Waals surface area contributed by atoms with Gasteiger partial charge in [-0.3, -0.25) is 4.79 Å². The van der Waals surface area contributed by atoms with E-state index in [-0.39, 0.29) is 23.2 Å². The fourth-order valence-corrected chi connectivity index (χ4v) is 9.06. The maximum atomic E-state index is 11.9. The lowest BCUT2D eigenvalue weighted by atomic mass is 9.45. The number of aliphatic hydroxyl groups excluding tert-OH is 3. The first-order chi connectivity index (χ1) is 16.0. The molecule has 0 spiro atoms. The highest BCUT2D eigenvalue weighted by Gasteiger charge is 2.65.